The Bertz CT molecular complexity index is 1600. The Hall–Kier alpha value is -1.54. The Labute approximate surface area is 321 Å². The van der Waals surface area contributed by atoms with E-state index in [0.717, 1.165) is 47.2 Å². The molecule has 4 aromatic rings. The van der Waals surface area contributed by atoms with Crippen LogP contribution >= 0.6 is 17.2 Å². The molecule has 8 aliphatic rings. The number of hydrogen-bond acceptors (Lipinski definition) is 4. The maximum Gasteiger partial charge on any atom is 2.00 e. The molecule has 1 unspecified atom stereocenters. The molecule has 0 radical (unpaired) electrons. The van der Waals surface area contributed by atoms with Crippen LogP contribution in [0.25, 0.3) is 0 Å². The fraction of sp³-hybridized carbons (Fsp3) is 0.581. The molecule has 8 saturated carbocycles. The third-order valence-corrected chi connectivity index (χ3v) is 21.0. The van der Waals surface area contributed by atoms with Crippen molar-refractivity contribution in [2.45, 2.75) is 118 Å². The SMILES string of the molecule is C[Si](C)(C)c1cc(CP(C23CC4CC(CC(C4)C2)C3)C23CC4CC(CC(C4)C2)C3)c(C(P)(c2ncccn2)c2ncccn2)[cH-]1.[Fe+2].c1cc[cH-]c1. The quantitative estimate of drug-likeness (QED) is 0.102. The third kappa shape index (κ3) is 6.64. The molecule has 8 heteroatoms. The number of rotatable bonds is 8. The molecule has 270 valence electrons. The first-order chi connectivity index (χ1) is 24.1. The van der Waals surface area contributed by atoms with E-state index in [4.69, 9.17) is 19.9 Å². The Morgan fingerprint density at radius 3 is 1.41 bits per heavy atom. The fourth-order valence-electron chi connectivity index (χ4n) is 13.0. The van der Waals surface area contributed by atoms with E-state index in [2.05, 4.69) is 41.0 Å². The summed E-state index contributed by atoms with van der Waals surface area (Å²) in [4.78, 5) is 19.6. The van der Waals surface area contributed by atoms with Crippen LogP contribution in [0.4, 0.5) is 0 Å². The first-order valence-corrected chi connectivity index (χ1v) is 25.3. The van der Waals surface area contributed by atoms with Crippen molar-refractivity contribution < 1.29 is 17.1 Å². The second kappa shape index (κ2) is 13.9. The van der Waals surface area contributed by atoms with Crippen LogP contribution in [-0.4, -0.2) is 38.3 Å². The van der Waals surface area contributed by atoms with Crippen LogP contribution in [0.3, 0.4) is 0 Å². The van der Waals surface area contributed by atoms with Crippen molar-refractivity contribution in [2.75, 3.05) is 0 Å². The Morgan fingerprint density at radius 1 is 0.686 bits per heavy atom. The molecular weight excluding hydrogens is 718 g/mol. The van der Waals surface area contributed by atoms with Gasteiger partial charge in [-0.2, -0.15) is 35.0 Å². The van der Waals surface area contributed by atoms with Crippen molar-refractivity contribution in [3.63, 3.8) is 0 Å². The zero-order valence-corrected chi connectivity index (χ0v) is 35.0. The number of aromatic nitrogens is 4. The van der Waals surface area contributed by atoms with Gasteiger partial charge in [0.1, 0.15) is 16.8 Å². The van der Waals surface area contributed by atoms with Crippen LogP contribution in [0, 0.1) is 35.5 Å². The molecule has 2 heterocycles. The van der Waals surface area contributed by atoms with Gasteiger partial charge in [0.05, 0.1) is 8.07 Å². The molecule has 0 aliphatic heterocycles. The van der Waals surface area contributed by atoms with E-state index in [-0.39, 0.29) is 25.0 Å². The molecule has 2 aromatic heterocycles. The number of nitrogens with zero attached hydrogens (tertiary/aromatic N) is 4. The van der Waals surface area contributed by atoms with Crippen molar-refractivity contribution >= 4 is 30.4 Å². The summed E-state index contributed by atoms with van der Waals surface area (Å²) in [7, 11) is 1.43. The van der Waals surface area contributed by atoms with E-state index in [1.54, 1.807) is 49.3 Å². The van der Waals surface area contributed by atoms with E-state index in [1.807, 2.05) is 67.3 Å². The van der Waals surface area contributed by atoms with E-state index in [1.165, 1.54) is 50.3 Å². The Morgan fingerprint density at radius 2 is 1.08 bits per heavy atom. The van der Waals surface area contributed by atoms with Crippen LogP contribution in [-0.2, 0) is 28.4 Å². The Kier molecular flexibility index (Phi) is 9.96. The third-order valence-electron chi connectivity index (χ3n) is 14.1. The maximum atomic E-state index is 4.91. The van der Waals surface area contributed by atoms with Crippen LogP contribution < -0.4 is 5.19 Å². The summed E-state index contributed by atoms with van der Waals surface area (Å²) in [6.07, 6.45) is 27.3. The van der Waals surface area contributed by atoms with Crippen molar-refractivity contribution in [3.05, 3.63) is 102 Å². The summed E-state index contributed by atoms with van der Waals surface area (Å²) in [6.45, 7) is 7.54. The largest absolute Gasteiger partial charge is 2.00 e. The molecule has 1 atom stereocenters. The predicted molar refractivity (Wildman–Crippen MR) is 213 cm³/mol. The molecule has 4 nitrogen and oxygen atoms in total. The van der Waals surface area contributed by atoms with Gasteiger partial charge in [-0.05, 0) is 135 Å². The summed E-state index contributed by atoms with van der Waals surface area (Å²) in [5, 5.41) is 2.09. The van der Waals surface area contributed by atoms with Crippen molar-refractivity contribution in [3.8, 4) is 0 Å². The van der Waals surface area contributed by atoms with Gasteiger partial charge in [-0.3, -0.25) is 0 Å². The summed E-state index contributed by atoms with van der Waals surface area (Å²) in [5.74, 6) is 7.61. The topological polar surface area (TPSA) is 51.6 Å². The van der Waals surface area contributed by atoms with Gasteiger partial charge >= 0.3 is 17.1 Å². The zero-order chi connectivity index (χ0) is 34.1. The van der Waals surface area contributed by atoms with Crippen molar-refractivity contribution in [1.29, 1.82) is 0 Å². The molecule has 2 aromatic carbocycles. The average molecular weight is 775 g/mol. The minimum atomic E-state index is -1.60. The van der Waals surface area contributed by atoms with Gasteiger partial charge in [-0.1, -0.05) is 25.8 Å². The van der Waals surface area contributed by atoms with Gasteiger partial charge in [-0.25, -0.2) is 38.1 Å². The molecule has 12 rings (SSSR count). The first kappa shape index (κ1) is 36.4. The average Bonchev–Trinajstić information content (AvgIpc) is 3.81. The Balaban J connectivity index is 0.000000576. The van der Waals surface area contributed by atoms with Crippen molar-refractivity contribution in [1.82, 2.24) is 19.9 Å². The second-order valence-corrected chi connectivity index (χ2v) is 27.7. The van der Waals surface area contributed by atoms with E-state index in [9.17, 15) is 0 Å². The molecule has 0 N–H and O–H groups in total. The molecule has 0 saturated heterocycles. The summed E-state index contributed by atoms with van der Waals surface area (Å²) >= 11 is 0. The van der Waals surface area contributed by atoms with Crippen molar-refractivity contribution in [2.24, 2.45) is 35.5 Å². The molecule has 51 heavy (non-hydrogen) atoms. The zero-order valence-electron chi connectivity index (χ0n) is 30.8. The molecular formula is C43H56FeN4P2Si. The molecule has 0 amide bonds. The molecule has 0 spiro atoms. The summed E-state index contributed by atoms with van der Waals surface area (Å²) < 4.78 is 0. The molecule has 8 bridgehead atoms. The smallest absolute Gasteiger partial charge is 0.240 e. The van der Waals surface area contributed by atoms with E-state index >= 15 is 0 Å². The van der Waals surface area contributed by atoms with E-state index < -0.39 is 13.2 Å². The predicted octanol–water partition coefficient (Wildman–Crippen LogP) is 10.0. The molecule has 8 fully saturated rings. The van der Waals surface area contributed by atoms with Gasteiger partial charge in [0, 0.05) is 24.8 Å². The van der Waals surface area contributed by atoms with Gasteiger partial charge in [-0.15, -0.1) is 22.7 Å². The van der Waals surface area contributed by atoms with Gasteiger partial charge in [0.15, 0.2) is 0 Å². The summed E-state index contributed by atoms with van der Waals surface area (Å²) in [5.41, 5.74) is 2.95. The normalized spacial score (nSPS) is 33.7. The standard InChI is InChI=1S/C38H51N4P2Si.C5H5.Fe/c1-45(2,3)32-16-31(33(17-32)38(43,34-39-6-4-7-40-34)35-41-8-5-9-42-35)24-44(36-18-25-10-26(19-36)12-27(11-25)20-36)37-21-28-13-29(22-37)15-30(14-28)23-37;1-2-4-5-3-1;/h4-9,16-17,25-30H,10-15,18-24,43H2,1-3H3;1-5H;/q2*-1;+2. The van der Waals surface area contributed by atoms with Crippen LogP contribution in [0.15, 0.2) is 79.4 Å². The minimum absolute atomic E-state index is 0. The van der Waals surface area contributed by atoms with Crippen LogP contribution in [0.2, 0.25) is 19.6 Å². The van der Waals surface area contributed by atoms with Crippen LogP contribution in [0.5, 0.6) is 0 Å². The monoisotopic (exact) mass is 774 g/mol. The van der Waals surface area contributed by atoms with Gasteiger partial charge in [0.2, 0.25) is 0 Å². The second-order valence-electron chi connectivity index (χ2n) is 18.7. The maximum absolute atomic E-state index is 4.91. The fourth-order valence-corrected chi connectivity index (χ4v) is 19.9. The molecule has 8 aliphatic carbocycles. The van der Waals surface area contributed by atoms with E-state index in [0.29, 0.717) is 10.3 Å². The first-order valence-electron chi connectivity index (χ1n) is 19.7. The minimum Gasteiger partial charge on any atom is -0.240 e. The van der Waals surface area contributed by atoms with Gasteiger partial charge < -0.3 is 0 Å². The van der Waals surface area contributed by atoms with Gasteiger partial charge in [0.25, 0.3) is 0 Å². The van der Waals surface area contributed by atoms with Crippen LogP contribution in [0.1, 0.15) is 99.8 Å². The summed E-state index contributed by atoms with van der Waals surface area (Å²) in [6, 6.07) is 19.1. The number of hydrogen-bond donors (Lipinski definition) is 0.